The predicted molar refractivity (Wildman–Crippen MR) is 120 cm³/mol. The van der Waals surface area contributed by atoms with Gasteiger partial charge >= 0.3 is 0 Å². The number of thioether (sulfide) groups is 1. The molecule has 2 aromatic carbocycles. The zero-order valence-corrected chi connectivity index (χ0v) is 17.8. The van der Waals surface area contributed by atoms with Crippen LogP contribution in [0.15, 0.2) is 59.5 Å². The number of hydrogen-bond acceptors (Lipinski definition) is 5. The number of carbonyl (C=O) groups is 2. The van der Waals surface area contributed by atoms with Gasteiger partial charge in [0, 0.05) is 31.6 Å². The molecule has 8 heteroatoms. The van der Waals surface area contributed by atoms with Gasteiger partial charge in [0.1, 0.15) is 10.1 Å². The average molecular weight is 445 g/mol. The molecular weight excluding hydrogens is 423 g/mol. The third-order valence-corrected chi connectivity index (χ3v) is 5.93. The van der Waals surface area contributed by atoms with Gasteiger partial charge in [0.25, 0.3) is 5.91 Å². The van der Waals surface area contributed by atoms with E-state index in [2.05, 4.69) is 0 Å². The van der Waals surface area contributed by atoms with Crippen LogP contribution >= 0.6 is 24.0 Å². The molecule has 0 spiro atoms. The van der Waals surface area contributed by atoms with Crippen molar-refractivity contribution in [1.82, 2.24) is 9.80 Å². The Hall–Kier alpha value is -2.55. The fraction of sp³-hybridized carbons (Fsp3) is 0.227. The second-order valence-electron chi connectivity index (χ2n) is 6.63. The molecule has 0 atom stereocenters. The first-order valence-corrected chi connectivity index (χ1v) is 10.6. The molecule has 1 heterocycles. The van der Waals surface area contributed by atoms with Crippen LogP contribution in [0.2, 0.25) is 0 Å². The van der Waals surface area contributed by atoms with Gasteiger partial charge in [-0.2, -0.15) is 0 Å². The lowest BCUT2D eigenvalue weighted by molar-refractivity contribution is -0.132. The number of benzene rings is 2. The SMILES string of the molecule is O=C(CCN1C(=O)/C(=C\c2ccccc2F)SC1=S)N(CCO)Cc1ccccc1. The Morgan fingerprint density at radius 3 is 2.57 bits per heavy atom. The second kappa shape index (κ2) is 10.5. The van der Waals surface area contributed by atoms with E-state index in [1.807, 2.05) is 30.3 Å². The van der Waals surface area contributed by atoms with Crippen molar-refractivity contribution in [2.45, 2.75) is 13.0 Å². The van der Waals surface area contributed by atoms with Crippen molar-refractivity contribution in [3.63, 3.8) is 0 Å². The molecule has 2 aromatic rings. The van der Waals surface area contributed by atoms with Gasteiger partial charge in [-0.1, -0.05) is 72.5 Å². The number of aliphatic hydroxyl groups is 1. The predicted octanol–water partition coefficient (Wildman–Crippen LogP) is 3.44. The number of thiocarbonyl (C=S) groups is 1. The van der Waals surface area contributed by atoms with E-state index in [0.29, 0.717) is 21.3 Å². The van der Waals surface area contributed by atoms with Crippen molar-refractivity contribution in [2.75, 3.05) is 19.7 Å². The Labute approximate surface area is 184 Å². The van der Waals surface area contributed by atoms with Crippen LogP contribution in [0.25, 0.3) is 6.08 Å². The highest BCUT2D eigenvalue weighted by Gasteiger charge is 2.32. The summed E-state index contributed by atoms with van der Waals surface area (Å²) in [6.07, 6.45) is 1.55. The quantitative estimate of drug-likeness (QED) is 0.499. The molecule has 0 bridgehead atoms. The summed E-state index contributed by atoms with van der Waals surface area (Å²) in [7, 11) is 0. The van der Waals surface area contributed by atoms with Crippen molar-refractivity contribution < 1.29 is 19.1 Å². The fourth-order valence-corrected chi connectivity index (χ4v) is 4.31. The Morgan fingerprint density at radius 1 is 1.17 bits per heavy atom. The van der Waals surface area contributed by atoms with Crippen molar-refractivity contribution in [3.05, 3.63) is 76.4 Å². The molecule has 156 valence electrons. The molecule has 0 unspecified atom stereocenters. The number of nitrogens with zero attached hydrogens (tertiary/aromatic N) is 2. The summed E-state index contributed by atoms with van der Waals surface area (Å²) in [5, 5.41) is 9.30. The van der Waals surface area contributed by atoms with E-state index in [1.54, 1.807) is 23.1 Å². The van der Waals surface area contributed by atoms with Crippen LogP contribution in [-0.4, -0.2) is 50.7 Å². The Kier molecular flexibility index (Phi) is 7.73. The summed E-state index contributed by atoms with van der Waals surface area (Å²) in [6.45, 7) is 0.574. The van der Waals surface area contributed by atoms with Crippen LogP contribution in [0.5, 0.6) is 0 Å². The highest BCUT2D eigenvalue weighted by molar-refractivity contribution is 8.26. The van der Waals surface area contributed by atoms with Crippen molar-refractivity contribution in [1.29, 1.82) is 0 Å². The van der Waals surface area contributed by atoms with Crippen LogP contribution in [0.3, 0.4) is 0 Å². The highest BCUT2D eigenvalue weighted by Crippen LogP contribution is 2.33. The summed E-state index contributed by atoms with van der Waals surface area (Å²) >= 11 is 6.38. The van der Waals surface area contributed by atoms with E-state index in [-0.39, 0.29) is 37.9 Å². The van der Waals surface area contributed by atoms with Crippen LogP contribution in [0.4, 0.5) is 4.39 Å². The molecule has 30 heavy (non-hydrogen) atoms. The van der Waals surface area contributed by atoms with Crippen LogP contribution < -0.4 is 0 Å². The molecule has 1 aliphatic heterocycles. The number of hydrogen-bond donors (Lipinski definition) is 1. The first kappa shape index (κ1) is 22.1. The van der Waals surface area contributed by atoms with Crippen LogP contribution in [0.1, 0.15) is 17.5 Å². The maximum absolute atomic E-state index is 13.9. The minimum absolute atomic E-state index is 0.0756. The maximum atomic E-state index is 13.9. The molecule has 1 fully saturated rings. The van der Waals surface area contributed by atoms with Crippen LogP contribution in [-0.2, 0) is 16.1 Å². The molecule has 0 aromatic heterocycles. The maximum Gasteiger partial charge on any atom is 0.266 e. The number of halogens is 1. The summed E-state index contributed by atoms with van der Waals surface area (Å²) in [5.41, 5.74) is 1.27. The monoisotopic (exact) mass is 444 g/mol. The first-order chi connectivity index (χ1) is 14.5. The minimum atomic E-state index is -0.418. The normalized spacial score (nSPS) is 15.1. The Morgan fingerprint density at radius 2 is 1.87 bits per heavy atom. The van der Waals surface area contributed by atoms with E-state index >= 15 is 0 Å². The average Bonchev–Trinajstić information content (AvgIpc) is 3.01. The van der Waals surface area contributed by atoms with Gasteiger partial charge < -0.3 is 10.0 Å². The first-order valence-electron chi connectivity index (χ1n) is 9.42. The third-order valence-electron chi connectivity index (χ3n) is 4.55. The van der Waals surface area contributed by atoms with Gasteiger partial charge in [-0.15, -0.1) is 0 Å². The lowest BCUT2D eigenvalue weighted by Crippen LogP contribution is -2.37. The molecule has 0 radical (unpaired) electrons. The summed E-state index contributed by atoms with van der Waals surface area (Å²) in [6, 6.07) is 15.7. The van der Waals surface area contributed by atoms with Crippen LogP contribution in [0, 0.1) is 5.82 Å². The Bertz CT molecular complexity index is 966. The van der Waals surface area contributed by atoms with E-state index < -0.39 is 5.82 Å². The molecule has 2 amide bonds. The standard InChI is InChI=1S/C22H21FN2O3S2/c23-18-9-5-4-8-17(18)14-19-21(28)25(22(29)30-19)11-10-20(27)24(12-13-26)15-16-6-2-1-3-7-16/h1-9,14,26H,10-13,15H2/b19-14+. The molecule has 0 saturated carbocycles. The largest absolute Gasteiger partial charge is 0.395 e. The lowest BCUT2D eigenvalue weighted by atomic mass is 10.2. The summed E-state index contributed by atoms with van der Waals surface area (Å²) in [4.78, 5) is 28.6. The smallest absolute Gasteiger partial charge is 0.266 e. The van der Waals surface area contributed by atoms with Gasteiger partial charge in [0.15, 0.2) is 0 Å². The number of rotatable bonds is 8. The number of carbonyl (C=O) groups excluding carboxylic acids is 2. The molecule has 5 nitrogen and oxygen atoms in total. The topological polar surface area (TPSA) is 60.9 Å². The molecule has 1 N–H and O–H groups in total. The second-order valence-corrected chi connectivity index (χ2v) is 8.31. The molecular formula is C22H21FN2O3S2. The number of aliphatic hydroxyl groups excluding tert-OH is 1. The highest BCUT2D eigenvalue weighted by atomic mass is 32.2. The minimum Gasteiger partial charge on any atom is -0.395 e. The van der Waals surface area contributed by atoms with Gasteiger partial charge in [-0.05, 0) is 17.7 Å². The van der Waals surface area contributed by atoms with Gasteiger partial charge in [0.2, 0.25) is 5.91 Å². The van der Waals surface area contributed by atoms with Crippen molar-refractivity contribution in [3.8, 4) is 0 Å². The van der Waals surface area contributed by atoms with Crippen molar-refractivity contribution in [2.24, 2.45) is 0 Å². The van der Waals surface area contributed by atoms with E-state index in [9.17, 15) is 19.1 Å². The van der Waals surface area contributed by atoms with E-state index in [0.717, 1.165) is 17.3 Å². The summed E-state index contributed by atoms with van der Waals surface area (Å²) in [5.74, 6) is -0.934. The number of amides is 2. The van der Waals surface area contributed by atoms with E-state index in [4.69, 9.17) is 12.2 Å². The fourth-order valence-electron chi connectivity index (χ4n) is 3.01. The molecule has 1 aliphatic rings. The third kappa shape index (κ3) is 5.53. The molecule has 0 aliphatic carbocycles. The zero-order valence-electron chi connectivity index (χ0n) is 16.2. The van der Waals surface area contributed by atoms with E-state index in [1.165, 1.54) is 17.0 Å². The van der Waals surface area contributed by atoms with Crippen molar-refractivity contribution >= 4 is 46.2 Å². The molecule has 3 rings (SSSR count). The lowest BCUT2D eigenvalue weighted by Gasteiger charge is -2.23. The summed E-state index contributed by atoms with van der Waals surface area (Å²) < 4.78 is 14.2. The van der Waals surface area contributed by atoms with Gasteiger partial charge in [-0.25, -0.2) is 4.39 Å². The zero-order chi connectivity index (χ0) is 21.5. The van der Waals surface area contributed by atoms with Gasteiger partial charge in [-0.3, -0.25) is 14.5 Å². The Balaban J connectivity index is 1.64. The molecule has 1 saturated heterocycles. The van der Waals surface area contributed by atoms with Gasteiger partial charge in [0.05, 0.1) is 11.5 Å².